The Morgan fingerprint density at radius 1 is 1.23 bits per heavy atom. The fourth-order valence-corrected chi connectivity index (χ4v) is 3.02. The van der Waals surface area contributed by atoms with Crippen LogP contribution in [0, 0.1) is 5.92 Å². The van der Waals surface area contributed by atoms with E-state index in [-0.39, 0.29) is 17.8 Å². The molecule has 10 heteroatoms. The van der Waals surface area contributed by atoms with E-state index >= 15 is 0 Å². The number of carbonyl (C=O) groups excluding carboxylic acids is 1. The molecule has 0 saturated carbocycles. The van der Waals surface area contributed by atoms with Gasteiger partial charge in [-0.2, -0.15) is 15.0 Å². The third kappa shape index (κ3) is 4.30. The molecule has 1 aliphatic rings. The van der Waals surface area contributed by atoms with Crippen LogP contribution in [0.2, 0.25) is 5.02 Å². The number of amides is 1. The van der Waals surface area contributed by atoms with Gasteiger partial charge in [-0.05, 0) is 24.5 Å². The number of hydrogen-bond donors (Lipinski definition) is 4. The molecule has 3 rings (SSSR count). The summed E-state index contributed by atoms with van der Waals surface area (Å²) in [5, 5.41) is 12.9. The van der Waals surface area contributed by atoms with Gasteiger partial charge in [0, 0.05) is 30.6 Å². The fourth-order valence-electron chi connectivity index (χ4n) is 2.82. The largest absolute Gasteiger partial charge is 0.369 e. The smallest absolute Gasteiger partial charge is 0.253 e. The molecular formula is C16H20ClN7O2. The quantitative estimate of drug-likeness (QED) is 0.559. The second-order valence-electron chi connectivity index (χ2n) is 6.00. The topological polar surface area (TPSA) is 129 Å². The molecule has 138 valence electrons. The van der Waals surface area contributed by atoms with Crippen molar-refractivity contribution < 1.29 is 10.0 Å². The molecule has 0 spiro atoms. The Morgan fingerprint density at radius 2 is 1.92 bits per heavy atom. The van der Waals surface area contributed by atoms with Crippen molar-refractivity contribution >= 4 is 35.4 Å². The molecule has 0 atom stereocenters. The minimum Gasteiger partial charge on any atom is -0.369 e. The summed E-state index contributed by atoms with van der Waals surface area (Å²) in [5.74, 6) is 0.361. The number of halogens is 1. The van der Waals surface area contributed by atoms with Crippen molar-refractivity contribution in [3.63, 3.8) is 0 Å². The first kappa shape index (κ1) is 18.2. The first-order valence-corrected chi connectivity index (χ1v) is 8.62. The minimum absolute atomic E-state index is 0.0358. The standard InChI is InChI=1S/C16H20ClN7O2/c17-12-4-2-1-3-11(12)9-19-14-20-15(23-26)22-16(21-14)24-7-5-10(6-8-24)13(18)25/h1-4,10,26H,5-9H2,(H2,18,25)(H2,19,20,21,22,23). The summed E-state index contributed by atoms with van der Waals surface area (Å²) < 4.78 is 0. The molecule has 1 aromatic carbocycles. The highest BCUT2D eigenvalue weighted by atomic mass is 35.5. The molecule has 2 aromatic rings. The minimum atomic E-state index is -0.278. The van der Waals surface area contributed by atoms with E-state index < -0.39 is 0 Å². The average Bonchev–Trinajstić information content (AvgIpc) is 2.67. The van der Waals surface area contributed by atoms with Gasteiger partial charge in [0.05, 0.1) is 0 Å². The predicted octanol–water partition coefficient (Wildman–Crippen LogP) is 1.64. The molecule has 0 aliphatic carbocycles. The molecule has 1 aromatic heterocycles. The van der Waals surface area contributed by atoms with E-state index in [1.807, 2.05) is 28.6 Å². The maximum atomic E-state index is 11.3. The number of hydrogen-bond acceptors (Lipinski definition) is 8. The van der Waals surface area contributed by atoms with Gasteiger partial charge >= 0.3 is 0 Å². The lowest BCUT2D eigenvalue weighted by Crippen LogP contribution is -2.39. The molecule has 26 heavy (non-hydrogen) atoms. The van der Waals surface area contributed by atoms with Crippen molar-refractivity contribution in [1.82, 2.24) is 15.0 Å². The normalized spacial score (nSPS) is 14.9. The number of aromatic nitrogens is 3. The summed E-state index contributed by atoms with van der Waals surface area (Å²) in [7, 11) is 0. The van der Waals surface area contributed by atoms with Crippen molar-refractivity contribution in [2.75, 3.05) is 28.8 Å². The Labute approximate surface area is 155 Å². The summed E-state index contributed by atoms with van der Waals surface area (Å²) in [6.07, 6.45) is 1.29. The first-order chi connectivity index (χ1) is 12.6. The number of anilines is 3. The first-order valence-electron chi connectivity index (χ1n) is 8.24. The number of nitrogens with two attached hydrogens (primary N) is 1. The SMILES string of the molecule is NC(=O)C1CCN(c2nc(NO)nc(NCc3ccccc3Cl)n2)CC1. The molecule has 1 amide bonds. The number of benzene rings is 1. The predicted molar refractivity (Wildman–Crippen MR) is 98.1 cm³/mol. The van der Waals surface area contributed by atoms with Crippen LogP contribution in [0.15, 0.2) is 24.3 Å². The number of nitrogens with one attached hydrogen (secondary N) is 2. The van der Waals surface area contributed by atoms with E-state index in [0.29, 0.717) is 49.4 Å². The maximum absolute atomic E-state index is 11.3. The van der Waals surface area contributed by atoms with Crippen LogP contribution in [-0.4, -0.2) is 39.2 Å². The molecular weight excluding hydrogens is 358 g/mol. The lowest BCUT2D eigenvalue weighted by Gasteiger charge is -2.30. The average molecular weight is 378 g/mol. The van der Waals surface area contributed by atoms with Crippen LogP contribution in [-0.2, 0) is 11.3 Å². The second-order valence-corrected chi connectivity index (χ2v) is 6.41. The third-order valence-electron chi connectivity index (χ3n) is 4.30. The zero-order valence-corrected chi connectivity index (χ0v) is 14.8. The van der Waals surface area contributed by atoms with Gasteiger partial charge in [-0.3, -0.25) is 10.0 Å². The van der Waals surface area contributed by atoms with Gasteiger partial charge in [-0.1, -0.05) is 29.8 Å². The molecule has 1 aliphatic heterocycles. The zero-order valence-electron chi connectivity index (χ0n) is 14.0. The van der Waals surface area contributed by atoms with E-state index in [2.05, 4.69) is 20.3 Å². The summed E-state index contributed by atoms with van der Waals surface area (Å²) in [6.45, 7) is 1.64. The molecule has 2 heterocycles. The van der Waals surface area contributed by atoms with Crippen LogP contribution in [0.25, 0.3) is 0 Å². The van der Waals surface area contributed by atoms with E-state index in [4.69, 9.17) is 17.3 Å². The molecule has 1 saturated heterocycles. The van der Waals surface area contributed by atoms with Gasteiger partial charge in [-0.15, -0.1) is 0 Å². The summed E-state index contributed by atoms with van der Waals surface area (Å²) in [5.41, 5.74) is 8.22. The number of carbonyl (C=O) groups is 1. The van der Waals surface area contributed by atoms with Crippen LogP contribution in [0.4, 0.5) is 17.8 Å². The number of primary amides is 1. The van der Waals surface area contributed by atoms with Crippen molar-refractivity contribution in [2.45, 2.75) is 19.4 Å². The molecule has 1 fully saturated rings. The van der Waals surface area contributed by atoms with Crippen LogP contribution in [0.5, 0.6) is 0 Å². The summed E-state index contributed by atoms with van der Waals surface area (Å²) in [4.78, 5) is 25.9. The lowest BCUT2D eigenvalue weighted by atomic mass is 9.96. The van der Waals surface area contributed by atoms with Crippen LogP contribution in [0.3, 0.4) is 0 Å². The number of nitrogens with zero attached hydrogens (tertiary/aromatic N) is 4. The number of piperidine rings is 1. The van der Waals surface area contributed by atoms with Gasteiger partial charge in [0.15, 0.2) is 0 Å². The zero-order chi connectivity index (χ0) is 18.5. The molecule has 5 N–H and O–H groups in total. The highest BCUT2D eigenvalue weighted by molar-refractivity contribution is 6.31. The van der Waals surface area contributed by atoms with Gasteiger partial charge in [-0.25, -0.2) is 5.48 Å². The summed E-state index contributed by atoms with van der Waals surface area (Å²) in [6, 6.07) is 7.46. The molecule has 0 bridgehead atoms. The Kier molecular flexibility index (Phi) is 5.69. The van der Waals surface area contributed by atoms with Crippen molar-refractivity contribution in [3.05, 3.63) is 34.9 Å². The fraction of sp³-hybridized carbons (Fsp3) is 0.375. The van der Waals surface area contributed by atoms with Crippen LogP contribution >= 0.6 is 11.6 Å². The van der Waals surface area contributed by atoms with E-state index in [1.165, 1.54) is 0 Å². The Balaban J connectivity index is 1.72. The number of rotatable bonds is 6. The molecule has 9 nitrogen and oxygen atoms in total. The van der Waals surface area contributed by atoms with Gasteiger partial charge < -0.3 is 16.0 Å². The lowest BCUT2D eigenvalue weighted by molar-refractivity contribution is -0.122. The molecule has 0 radical (unpaired) electrons. The van der Waals surface area contributed by atoms with Crippen LogP contribution in [0.1, 0.15) is 18.4 Å². The van der Waals surface area contributed by atoms with E-state index in [9.17, 15) is 10.0 Å². The van der Waals surface area contributed by atoms with E-state index in [0.717, 1.165) is 5.56 Å². The summed E-state index contributed by atoms with van der Waals surface area (Å²) >= 11 is 6.15. The monoisotopic (exact) mass is 377 g/mol. The van der Waals surface area contributed by atoms with Crippen LogP contribution < -0.4 is 21.4 Å². The van der Waals surface area contributed by atoms with E-state index in [1.54, 1.807) is 6.07 Å². The van der Waals surface area contributed by atoms with Gasteiger partial charge in [0.25, 0.3) is 5.95 Å². The maximum Gasteiger partial charge on any atom is 0.253 e. The van der Waals surface area contributed by atoms with Crippen molar-refractivity contribution in [3.8, 4) is 0 Å². The Bertz CT molecular complexity index is 781. The van der Waals surface area contributed by atoms with Gasteiger partial charge in [0.1, 0.15) is 0 Å². The molecule has 0 unspecified atom stereocenters. The van der Waals surface area contributed by atoms with Crippen molar-refractivity contribution in [1.29, 1.82) is 0 Å². The van der Waals surface area contributed by atoms with Crippen molar-refractivity contribution in [2.24, 2.45) is 11.7 Å². The Morgan fingerprint density at radius 3 is 2.58 bits per heavy atom. The highest BCUT2D eigenvalue weighted by Crippen LogP contribution is 2.22. The highest BCUT2D eigenvalue weighted by Gasteiger charge is 2.25. The second kappa shape index (κ2) is 8.15. The van der Waals surface area contributed by atoms with Gasteiger partial charge in [0.2, 0.25) is 17.8 Å². The Hall–Kier alpha value is -2.65. The third-order valence-corrected chi connectivity index (χ3v) is 4.67.